The molecule has 1 atom stereocenters. The van der Waals surface area contributed by atoms with Crippen LogP contribution in [0.2, 0.25) is 0 Å². The van der Waals surface area contributed by atoms with Crippen molar-refractivity contribution in [3.63, 3.8) is 0 Å². The predicted molar refractivity (Wildman–Crippen MR) is 78.9 cm³/mol. The van der Waals surface area contributed by atoms with E-state index >= 15 is 0 Å². The molecule has 2 N–H and O–H groups in total. The van der Waals surface area contributed by atoms with Crippen molar-refractivity contribution in [2.75, 3.05) is 12.5 Å². The number of phenolic OH excluding ortho intramolecular Hbond substituents is 1. The van der Waals surface area contributed by atoms with Crippen LogP contribution in [-0.2, 0) is 6.42 Å². The number of ether oxygens (including phenoxy) is 1. The number of benzene rings is 1. The first-order valence-electron chi connectivity index (χ1n) is 6.79. The summed E-state index contributed by atoms with van der Waals surface area (Å²) in [7, 11) is 0. The number of carbonyl (C=O) groups is 1. The largest absolute Gasteiger partial charge is 0.507 e. The van der Waals surface area contributed by atoms with Gasteiger partial charge in [-0.05, 0) is 18.6 Å². The van der Waals surface area contributed by atoms with Gasteiger partial charge < -0.3 is 14.9 Å². The predicted octanol–water partition coefficient (Wildman–Crippen LogP) is 2.92. The molecule has 4 nitrogen and oxygen atoms in total. The number of alkyl halides is 1. The Labute approximate surface area is 124 Å². The van der Waals surface area contributed by atoms with E-state index in [9.17, 15) is 15.0 Å². The van der Waals surface area contributed by atoms with Crippen molar-refractivity contribution >= 4 is 17.4 Å². The summed E-state index contributed by atoms with van der Waals surface area (Å²) < 4.78 is 5.49. The molecule has 0 saturated heterocycles. The molecular formula is C15H21ClO4. The van der Waals surface area contributed by atoms with E-state index in [1.807, 2.05) is 6.92 Å². The molecule has 1 aromatic carbocycles. The van der Waals surface area contributed by atoms with Crippen molar-refractivity contribution in [1.29, 1.82) is 0 Å². The van der Waals surface area contributed by atoms with Gasteiger partial charge in [0.15, 0.2) is 5.78 Å². The number of ketones is 1. The number of hydrogen-bond acceptors (Lipinski definition) is 4. The molecule has 0 amide bonds. The van der Waals surface area contributed by atoms with Gasteiger partial charge in [0.05, 0.1) is 11.4 Å². The minimum Gasteiger partial charge on any atom is -0.507 e. The number of phenols is 1. The second kappa shape index (κ2) is 8.12. The van der Waals surface area contributed by atoms with E-state index in [4.69, 9.17) is 16.3 Å². The molecule has 5 heteroatoms. The van der Waals surface area contributed by atoms with Gasteiger partial charge in [-0.15, -0.1) is 11.6 Å². The number of aliphatic hydroxyl groups excluding tert-OH is 1. The summed E-state index contributed by atoms with van der Waals surface area (Å²) in [6.07, 6.45) is 0.990. The van der Waals surface area contributed by atoms with Gasteiger partial charge in [0.2, 0.25) is 0 Å². The van der Waals surface area contributed by atoms with Gasteiger partial charge in [-0.1, -0.05) is 20.3 Å². The van der Waals surface area contributed by atoms with Crippen LogP contribution in [0.5, 0.6) is 11.5 Å². The summed E-state index contributed by atoms with van der Waals surface area (Å²) in [5, 5.41) is 19.7. The van der Waals surface area contributed by atoms with Crippen molar-refractivity contribution < 1.29 is 19.7 Å². The van der Waals surface area contributed by atoms with E-state index < -0.39 is 6.10 Å². The standard InChI is InChI=1S/C15H21ClO4/c1-3-5-12-14(20-9-10(17)8-16)7-6-11(15(12)19)13(18)4-2/h6-7,10,17,19H,3-5,8-9H2,1-2H3/t10-/m0/s1. The molecule has 0 aliphatic rings. The quantitative estimate of drug-likeness (QED) is 0.572. The first-order valence-corrected chi connectivity index (χ1v) is 7.33. The molecular weight excluding hydrogens is 280 g/mol. The maximum absolute atomic E-state index is 11.8. The molecule has 0 aliphatic heterocycles. The van der Waals surface area contributed by atoms with Crippen LogP contribution in [0.15, 0.2) is 12.1 Å². The lowest BCUT2D eigenvalue weighted by Crippen LogP contribution is -2.19. The number of carbonyl (C=O) groups excluding carboxylic acids is 1. The van der Waals surface area contributed by atoms with Crippen LogP contribution in [-0.4, -0.2) is 34.6 Å². The third-order valence-electron chi connectivity index (χ3n) is 2.97. The van der Waals surface area contributed by atoms with E-state index in [0.29, 0.717) is 29.7 Å². The first kappa shape index (κ1) is 16.8. The molecule has 0 aliphatic carbocycles. The van der Waals surface area contributed by atoms with Crippen LogP contribution < -0.4 is 4.74 Å². The molecule has 20 heavy (non-hydrogen) atoms. The fourth-order valence-corrected chi connectivity index (χ4v) is 1.98. The van der Waals surface area contributed by atoms with Gasteiger partial charge in [0.25, 0.3) is 0 Å². The highest BCUT2D eigenvalue weighted by Crippen LogP contribution is 2.33. The second-order valence-electron chi connectivity index (χ2n) is 4.58. The molecule has 0 fully saturated rings. The van der Waals surface area contributed by atoms with E-state index in [0.717, 1.165) is 6.42 Å². The van der Waals surface area contributed by atoms with Gasteiger partial charge in [-0.2, -0.15) is 0 Å². The monoisotopic (exact) mass is 300 g/mol. The van der Waals surface area contributed by atoms with Crippen LogP contribution in [0.3, 0.4) is 0 Å². The number of aromatic hydroxyl groups is 1. The molecule has 112 valence electrons. The van der Waals surface area contributed by atoms with Crippen molar-refractivity contribution in [1.82, 2.24) is 0 Å². The molecule has 0 spiro atoms. The number of rotatable bonds is 8. The van der Waals surface area contributed by atoms with E-state index in [1.54, 1.807) is 19.1 Å². The minimum absolute atomic E-state index is 0.0171. The summed E-state index contributed by atoms with van der Waals surface area (Å²) in [6.45, 7) is 3.79. The Morgan fingerprint density at radius 3 is 2.65 bits per heavy atom. The molecule has 0 bridgehead atoms. The highest BCUT2D eigenvalue weighted by molar-refractivity contribution is 6.18. The van der Waals surface area contributed by atoms with E-state index in [-0.39, 0.29) is 24.0 Å². The Kier molecular flexibility index (Phi) is 6.82. The molecule has 1 rings (SSSR count). The van der Waals surface area contributed by atoms with Crippen LogP contribution in [0.4, 0.5) is 0 Å². The summed E-state index contributed by atoms with van der Waals surface area (Å²) >= 11 is 5.51. The van der Waals surface area contributed by atoms with Gasteiger partial charge in [-0.3, -0.25) is 4.79 Å². The highest BCUT2D eigenvalue weighted by Gasteiger charge is 2.17. The van der Waals surface area contributed by atoms with E-state index in [2.05, 4.69) is 0 Å². The summed E-state index contributed by atoms with van der Waals surface area (Å²) in [5.41, 5.74) is 0.926. The maximum atomic E-state index is 11.8. The van der Waals surface area contributed by atoms with Gasteiger partial charge >= 0.3 is 0 Å². The van der Waals surface area contributed by atoms with Gasteiger partial charge in [0.1, 0.15) is 24.2 Å². The normalized spacial score (nSPS) is 12.2. The van der Waals surface area contributed by atoms with Gasteiger partial charge in [0, 0.05) is 12.0 Å². The minimum atomic E-state index is -0.759. The molecule has 0 aromatic heterocycles. The van der Waals surface area contributed by atoms with Crippen LogP contribution in [0.25, 0.3) is 0 Å². The smallest absolute Gasteiger partial charge is 0.166 e. The lowest BCUT2D eigenvalue weighted by Gasteiger charge is -2.16. The summed E-state index contributed by atoms with van der Waals surface area (Å²) in [6, 6.07) is 3.22. The number of aliphatic hydroxyl groups is 1. The Morgan fingerprint density at radius 2 is 2.10 bits per heavy atom. The average molecular weight is 301 g/mol. The second-order valence-corrected chi connectivity index (χ2v) is 4.89. The average Bonchev–Trinajstić information content (AvgIpc) is 2.46. The third-order valence-corrected chi connectivity index (χ3v) is 3.33. The fourth-order valence-electron chi connectivity index (χ4n) is 1.89. The lowest BCUT2D eigenvalue weighted by atomic mass is 10.00. The number of Topliss-reactive ketones (excluding diaryl/α,β-unsaturated/α-hetero) is 1. The number of hydrogen-bond donors (Lipinski definition) is 2. The van der Waals surface area contributed by atoms with Crippen molar-refractivity contribution in [3.8, 4) is 11.5 Å². The lowest BCUT2D eigenvalue weighted by molar-refractivity contribution is 0.0984. The van der Waals surface area contributed by atoms with Crippen LogP contribution in [0, 0.1) is 0 Å². The van der Waals surface area contributed by atoms with Crippen LogP contribution >= 0.6 is 11.6 Å². The topological polar surface area (TPSA) is 66.8 Å². The SMILES string of the molecule is CCCc1c(OC[C@@H](O)CCl)ccc(C(=O)CC)c1O. The molecule has 0 heterocycles. The highest BCUT2D eigenvalue weighted by atomic mass is 35.5. The zero-order chi connectivity index (χ0) is 15.1. The molecule has 0 saturated carbocycles. The summed E-state index contributed by atoms with van der Waals surface area (Å²) in [5.74, 6) is 0.450. The van der Waals surface area contributed by atoms with Crippen LogP contribution in [0.1, 0.15) is 42.6 Å². The van der Waals surface area contributed by atoms with Crippen molar-refractivity contribution in [2.45, 2.75) is 39.2 Å². The molecule has 1 aromatic rings. The summed E-state index contributed by atoms with van der Waals surface area (Å²) in [4.78, 5) is 11.8. The Morgan fingerprint density at radius 1 is 1.40 bits per heavy atom. The molecule has 0 unspecified atom stereocenters. The Balaban J connectivity index is 3.06. The zero-order valence-electron chi connectivity index (χ0n) is 11.9. The third kappa shape index (κ3) is 4.12. The van der Waals surface area contributed by atoms with Crippen molar-refractivity contribution in [3.05, 3.63) is 23.3 Å². The maximum Gasteiger partial charge on any atom is 0.166 e. The van der Waals surface area contributed by atoms with E-state index in [1.165, 1.54) is 0 Å². The number of halogens is 1. The van der Waals surface area contributed by atoms with Gasteiger partial charge in [-0.25, -0.2) is 0 Å². The Bertz CT molecular complexity index is 459. The van der Waals surface area contributed by atoms with Crippen molar-refractivity contribution in [2.24, 2.45) is 0 Å². The fraction of sp³-hybridized carbons (Fsp3) is 0.533. The zero-order valence-corrected chi connectivity index (χ0v) is 12.6. The molecule has 0 radical (unpaired) electrons. The Hall–Kier alpha value is -1.26. The first-order chi connectivity index (χ1) is 9.54.